The molecule has 2 atom stereocenters. The first kappa shape index (κ1) is 17.5. The van der Waals surface area contributed by atoms with Crippen LogP contribution in [0.25, 0.3) is 0 Å². The number of nitrogens with two attached hydrogens (primary N) is 1. The third-order valence-electron chi connectivity index (χ3n) is 4.39. The molecule has 1 aliphatic heterocycles. The minimum absolute atomic E-state index is 0.130. The number of hydrogen-bond acceptors (Lipinski definition) is 3. The van der Waals surface area contributed by atoms with Crippen LogP contribution in [0.5, 0.6) is 0 Å². The van der Waals surface area contributed by atoms with Gasteiger partial charge < -0.3 is 15.8 Å². The third-order valence-corrected chi connectivity index (χ3v) is 4.39. The molecule has 1 aliphatic rings. The lowest BCUT2D eigenvalue weighted by Crippen LogP contribution is -2.62. The summed E-state index contributed by atoms with van der Waals surface area (Å²) in [6.45, 7) is 2.83. The van der Waals surface area contributed by atoms with E-state index >= 15 is 0 Å². The Balaban J connectivity index is 1.82. The average Bonchev–Trinajstić information content (AvgIpc) is 2.54. The van der Waals surface area contributed by atoms with Crippen molar-refractivity contribution >= 4 is 11.8 Å². The molecule has 0 unspecified atom stereocenters. The summed E-state index contributed by atoms with van der Waals surface area (Å²) in [5, 5.41) is 2.82. The number of nitrogens with one attached hydrogen (secondary N) is 1. The van der Waals surface area contributed by atoms with Crippen LogP contribution in [0.2, 0.25) is 0 Å². The Morgan fingerprint density at radius 1 is 1.35 bits per heavy atom. The van der Waals surface area contributed by atoms with E-state index in [-0.39, 0.29) is 18.4 Å². The van der Waals surface area contributed by atoms with Crippen molar-refractivity contribution in [3.8, 4) is 0 Å². The smallest absolute Gasteiger partial charge is 0.245 e. The van der Waals surface area contributed by atoms with Gasteiger partial charge in [0, 0.05) is 13.0 Å². The molecule has 0 aliphatic carbocycles. The largest absolute Gasteiger partial charge is 0.378 e. The molecule has 3 N–H and O–H groups in total. The molecule has 0 saturated carbocycles. The van der Waals surface area contributed by atoms with Gasteiger partial charge in [0.05, 0.1) is 6.61 Å². The van der Waals surface area contributed by atoms with Gasteiger partial charge in [-0.3, -0.25) is 9.59 Å². The van der Waals surface area contributed by atoms with E-state index in [0.717, 1.165) is 19.3 Å². The SMILES string of the molecule is C[C@H](CCc1ccccc1)CC(=O)N[C@]1(C(N)=O)CCCOC1. The molecule has 0 aromatic heterocycles. The van der Waals surface area contributed by atoms with Crippen LogP contribution in [0.3, 0.4) is 0 Å². The number of ether oxygens (including phenoxy) is 1. The molecule has 2 rings (SSSR count). The molecule has 1 fully saturated rings. The Bertz CT molecular complexity index is 524. The zero-order valence-electron chi connectivity index (χ0n) is 13.7. The first-order valence-corrected chi connectivity index (χ1v) is 8.24. The molecule has 2 amide bonds. The lowest BCUT2D eigenvalue weighted by molar-refractivity contribution is -0.137. The molecule has 5 nitrogen and oxygen atoms in total. The molecule has 1 heterocycles. The summed E-state index contributed by atoms with van der Waals surface area (Å²) in [6.07, 6.45) is 3.54. The van der Waals surface area contributed by atoms with E-state index in [2.05, 4.69) is 24.4 Å². The fourth-order valence-electron chi connectivity index (χ4n) is 2.94. The van der Waals surface area contributed by atoms with Gasteiger partial charge in [0.25, 0.3) is 0 Å². The highest BCUT2D eigenvalue weighted by molar-refractivity contribution is 5.90. The highest BCUT2D eigenvalue weighted by Crippen LogP contribution is 2.20. The molecule has 0 bridgehead atoms. The Hall–Kier alpha value is -1.88. The molecule has 1 saturated heterocycles. The van der Waals surface area contributed by atoms with E-state index in [1.54, 1.807) is 0 Å². The zero-order chi connectivity index (χ0) is 16.7. The summed E-state index contributed by atoms with van der Waals surface area (Å²) in [4.78, 5) is 24.0. The summed E-state index contributed by atoms with van der Waals surface area (Å²) in [7, 11) is 0. The van der Waals surface area contributed by atoms with E-state index < -0.39 is 11.4 Å². The van der Waals surface area contributed by atoms with Crippen LogP contribution in [0, 0.1) is 5.92 Å². The molecule has 126 valence electrons. The lowest BCUT2D eigenvalue weighted by atomic mass is 9.90. The second-order valence-electron chi connectivity index (χ2n) is 6.48. The molecule has 0 spiro atoms. The van der Waals surface area contributed by atoms with Gasteiger partial charge in [0.15, 0.2) is 0 Å². The van der Waals surface area contributed by atoms with Crippen LogP contribution in [-0.4, -0.2) is 30.6 Å². The van der Waals surface area contributed by atoms with Crippen molar-refractivity contribution in [3.63, 3.8) is 0 Å². The number of amides is 2. The summed E-state index contributed by atoms with van der Waals surface area (Å²) >= 11 is 0. The molecular weight excluding hydrogens is 292 g/mol. The number of hydrogen-bond donors (Lipinski definition) is 2. The van der Waals surface area contributed by atoms with Gasteiger partial charge >= 0.3 is 0 Å². The number of aryl methyl sites for hydroxylation is 1. The maximum atomic E-state index is 12.3. The first-order chi connectivity index (χ1) is 11.0. The van der Waals surface area contributed by atoms with E-state index in [4.69, 9.17) is 10.5 Å². The molecule has 5 heteroatoms. The van der Waals surface area contributed by atoms with Gasteiger partial charge in [0.1, 0.15) is 5.54 Å². The Morgan fingerprint density at radius 3 is 2.70 bits per heavy atom. The molecule has 1 aromatic rings. The highest BCUT2D eigenvalue weighted by Gasteiger charge is 2.40. The minimum Gasteiger partial charge on any atom is -0.378 e. The normalized spacial score (nSPS) is 22.3. The maximum Gasteiger partial charge on any atom is 0.245 e. The second-order valence-corrected chi connectivity index (χ2v) is 6.48. The minimum atomic E-state index is -1.03. The van der Waals surface area contributed by atoms with Gasteiger partial charge in [-0.15, -0.1) is 0 Å². The number of carbonyl (C=O) groups is 2. The summed E-state index contributed by atoms with van der Waals surface area (Å²) in [5.74, 6) is -0.401. The monoisotopic (exact) mass is 318 g/mol. The van der Waals surface area contributed by atoms with Gasteiger partial charge in [-0.25, -0.2) is 0 Å². The number of rotatable bonds is 7. The van der Waals surface area contributed by atoms with Gasteiger partial charge in [-0.1, -0.05) is 37.3 Å². The van der Waals surface area contributed by atoms with E-state index in [1.165, 1.54) is 5.56 Å². The van der Waals surface area contributed by atoms with Gasteiger partial charge in [-0.2, -0.15) is 0 Å². The van der Waals surface area contributed by atoms with Crippen molar-refractivity contribution in [3.05, 3.63) is 35.9 Å². The molecule has 23 heavy (non-hydrogen) atoms. The Labute approximate surface area is 137 Å². The predicted octanol–water partition coefficient (Wildman–Crippen LogP) is 1.80. The second kappa shape index (κ2) is 8.11. The van der Waals surface area contributed by atoms with Crippen molar-refractivity contribution in [2.24, 2.45) is 11.7 Å². The van der Waals surface area contributed by atoms with Crippen LogP contribution >= 0.6 is 0 Å². The molecular formula is C18H26N2O3. The number of benzene rings is 1. The van der Waals surface area contributed by atoms with Crippen LogP contribution < -0.4 is 11.1 Å². The zero-order valence-corrected chi connectivity index (χ0v) is 13.7. The third kappa shape index (κ3) is 5.06. The van der Waals surface area contributed by atoms with Crippen molar-refractivity contribution in [2.45, 2.75) is 44.6 Å². The van der Waals surface area contributed by atoms with E-state index in [9.17, 15) is 9.59 Å². The highest BCUT2D eigenvalue weighted by atomic mass is 16.5. The summed E-state index contributed by atoms with van der Waals surface area (Å²) in [5.41, 5.74) is 5.72. The topological polar surface area (TPSA) is 81.4 Å². The number of carbonyl (C=O) groups excluding carboxylic acids is 2. The van der Waals surface area contributed by atoms with Crippen LogP contribution in [0.4, 0.5) is 0 Å². The lowest BCUT2D eigenvalue weighted by Gasteiger charge is -2.35. The van der Waals surface area contributed by atoms with Crippen molar-refractivity contribution in [2.75, 3.05) is 13.2 Å². The predicted molar refractivity (Wildman–Crippen MR) is 88.7 cm³/mol. The average molecular weight is 318 g/mol. The van der Waals surface area contributed by atoms with Crippen LogP contribution in [0.15, 0.2) is 30.3 Å². The van der Waals surface area contributed by atoms with Crippen LogP contribution in [0.1, 0.15) is 38.2 Å². The quantitative estimate of drug-likeness (QED) is 0.804. The van der Waals surface area contributed by atoms with E-state index in [0.29, 0.717) is 19.4 Å². The fourth-order valence-corrected chi connectivity index (χ4v) is 2.94. The molecule has 0 radical (unpaired) electrons. The first-order valence-electron chi connectivity index (χ1n) is 8.24. The fraction of sp³-hybridized carbons (Fsp3) is 0.556. The van der Waals surface area contributed by atoms with Crippen molar-refractivity contribution in [1.82, 2.24) is 5.32 Å². The van der Waals surface area contributed by atoms with Crippen LogP contribution in [-0.2, 0) is 20.7 Å². The van der Waals surface area contributed by atoms with Crippen molar-refractivity contribution < 1.29 is 14.3 Å². The number of primary amides is 1. The van der Waals surface area contributed by atoms with Gasteiger partial charge in [0.2, 0.25) is 11.8 Å². The Morgan fingerprint density at radius 2 is 2.09 bits per heavy atom. The molecule has 1 aromatic carbocycles. The standard InChI is InChI=1S/C18H26N2O3/c1-14(8-9-15-6-3-2-4-7-15)12-16(21)20-18(17(19)22)10-5-11-23-13-18/h2-4,6-7,14H,5,8-13H2,1H3,(H2,19,22)(H,20,21)/t14-,18-/m1/s1. The van der Waals surface area contributed by atoms with Gasteiger partial charge in [-0.05, 0) is 37.2 Å². The summed E-state index contributed by atoms with van der Waals surface area (Å²) in [6, 6.07) is 10.2. The van der Waals surface area contributed by atoms with E-state index in [1.807, 2.05) is 18.2 Å². The maximum absolute atomic E-state index is 12.3. The van der Waals surface area contributed by atoms with Crippen molar-refractivity contribution in [1.29, 1.82) is 0 Å². The Kier molecular flexibility index (Phi) is 6.16. The summed E-state index contributed by atoms with van der Waals surface area (Å²) < 4.78 is 5.34.